The number of benzene rings is 1. The van der Waals surface area contributed by atoms with Crippen LogP contribution in [0.1, 0.15) is 29.8 Å². The van der Waals surface area contributed by atoms with Crippen LogP contribution in [0.25, 0.3) is 0 Å². The van der Waals surface area contributed by atoms with E-state index in [9.17, 15) is 4.79 Å². The first-order valence-electron chi connectivity index (χ1n) is 5.60. The molecule has 17 heavy (non-hydrogen) atoms. The third-order valence-corrected chi connectivity index (χ3v) is 2.52. The molecule has 1 rings (SSSR count). The van der Waals surface area contributed by atoms with E-state index in [4.69, 9.17) is 10.8 Å². The number of nitrogens with two attached hydrogens (primary N) is 1. The molecule has 0 spiro atoms. The Bertz CT molecular complexity index is 394. The summed E-state index contributed by atoms with van der Waals surface area (Å²) in [5.41, 5.74) is 7.46. The van der Waals surface area contributed by atoms with E-state index in [1.165, 1.54) is 0 Å². The van der Waals surface area contributed by atoms with Crippen LogP contribution in [-0.2, 0) is 0 Å². The van der Waals surface area contributed by atoms with Crippen LogP contribution in [-0.4, -0.2) is 24.2 Å². The molecule has 4 heteroatoms. The molecule has 0 saturated heterocycles. The van der Waals surface area contributed by atoms with Crippen molar-refractivity contribution in [2.45, 2.75) is 20.8 Å². The Kier molecular flexibility index (Phi) is 4.12. The second-order valence-corrected chi connectivity index (χ2v) is 5.14. The molecule has 94 valence electrons. The van der Waals surface area contributed by atoms with E-state index >= 15 is 0 Å². The monoisotopic (exact) mass is 236 g/mol. The van der Waals surface area contributed by atoms with Gasteiger partial charge in [-0.3, -0.25) is 4.79 Å². The lowest BCUT2D eigenvalue weighted by atomic mass is 9.95. The molecule has 1 aromatic rings. The highest BCUT2D eigenvalue weighted by Crippen LogP contribution is 2.14. The van der Waals surface area contributed by atoms with E-state index < -0.39 is 0 Å². The van der Waals surface area contributed by atoms with Gasteiger partial charge in [0.25, 0.3) is 5.91 Å². The third-order valence-electron chi connectivity index (χ3n) is 2.52. The zero-order chi connectivity index (χ0) is 13.1. The molecule has 0 aliphatic carbocycles. The molecule has 0 saturated carbocycles. The minimum absolute atomic E-state index is 0.0310. The van der Waals surface area contributed by atoms with Crippen LogP contribution in [0, 0.1) is 12.3 Å². The first-order valence-corrected chi connectivity index (χ1v) is 5.60. The number of nitrogen functional groups attached to an aromatic ring is 1. The lowest BCUT2D eigenvalue weighted by molar-refractivity contribution is 0.0911. The topological polar surface area (TPSA) is 75.4 Å². The summed E-state index contributed by atoms with van der Waals surface area (Å²) in [7, 11) is 0. The third kappa shape index (κ3) is 4.07. The minimum Gasteiger partial charge on any atom is -0.399 e. The van der Waals surface area contributed by atoms with Gasteiger partial charge in [0.15, 0.2) is 0 Å². The molecule has 0 atom stereocenters. The molecule has 0 heterocycles. The van der Waals surface area contributed by atoms with Crippen molar-refractivity contribution >= 4 is 11.6 Å². The summed E-state index contributed by atoms with van der Waals surface area (Å²) in [6.45, 7) is 6.12. The normalized spacial score (nSPS) is 11.3. The quantitative estimate of drug-likeness (QED) is 0.690. The summed E-state index contributed by atoms with van der Waals surface area (Å²) in [5.74, 6) is -0.165. The summed E-state index contributed by atoms with van der Waals surface area (Å²) in [6, 6.07) is 5.25. The standard InChI is InChI=1S/C13H20N2O2/c1-9-4-10(6-11(14)5-9)12(17)15-7-13(2,3)8-16/h4-6,16H,7-8,14H2,1-3H3,(H,15,17). The molecule has 1 amide bonds. The molecule has 4 N–H and O–H groups in total. The first kappa shape index (κ1) is 13.5. The van der Waals surface area contributed by atoms with Gasteiger partial charge in [0.2, 0.25) is 0 Å². The van der Waals surface area contributed by atoms with E-state index in [0.717, 1.165) is 5.56 Å². The van der Waals surface area contributed by atoms with E-state index in [0.29, 0.717) is 17.8 Å². The van der Waals surface area contributed by atoms with Crippen molar-refractivity contribution in [3.63, 3.8) is 0 Å². The molecule has 0 aromatic heterocycles. The van der Waals surface area contributed by atoms with E-state index in [-0.39, 0.29) is 17.9 Å². The Morgan fingerprint density at radius 3 is 2.59 bits per heavy atom. The lowest BCUT2D eigenvalue weighted by Crippen LogP contribution is -2.36. The molecular weight excluding hydrogens is 216 g/mol. The van der Waals surface area contributed by atoms with Crippen molar-refractivity contribution in [3.8, 4) is 0 Å². The maximum atomic E-state index is 11.9. The summed E-state index contributed by atoms with van der Waals surface area (Å²) in [4.78, 5) is 11.9. The molecule has 0 aliphatic heterocycles. The van der Waals surface area contributed by atoms with Crippen molar-refractivity contribution in [2.75, 3.05) is 18.9 Å². The maximum absolute atomic E-state index is 11.9. The van der Waals surface area contributed by atoms with Crippen molar-refractivity contribution in [2.24, 2.45) is 5.41 Å². The van der Waals surface area contributed by atoms with Crippen LogP contribution in [0.15, 0.2) is 18.2 Å². The van der Waals surface area contributed by atoms with Gasteiger partial charge in [-0.15, -0.1) is 0 Å². The van der Waals surface area contributed by atoms with Crippen LogP contribution < -0.4 is 11.1 Å². The summed E-state index contributed by atoms with van der Waals surface area (Å²) in [6.07, 6.45) is 0. The zero-order valence-corrected chi connectivity index (χ0v) is 10.6. The van der Waals surface area contributed by atoms with Gasteiger partial charge < -0.3 is 16.2 Å². The predicted molar refractivity (Wildman–Crippen MR) is 68.8 cm³/mol. The molecular formula is C13H20N2O2. The van der Waals surface area contributed by atoms with Crippen LogP contribution in [0.2, 0.25) is 0 Å². The van der Waals surface area contributed by atoms with Gasteiger partial charge in [-0.1, -0.05) is 13.8 Å². The fourth-order valence-electron chi connectivity index (χ4n) is 1.42. The van der Waals surface area contributed by atoms with Crippen molar-refractivity contribution in [3.05, 3.63) is 29.3 Å². The van der Waals surface area contributed by atoms with Crippen molar-refractivity contribution < 1.29 is 9.90 Å². The highest BCUT2D eigenvalue weighted by atomic mass is 16.3. The second kappa shape index (κ2) is 5.19. The number of rotatable bonds is 4. The predicted octanol–water partition coefficient (Wildman–Crippen LogP) is 1.33. The number of aliphatic hydroxyl groups excluding tert-OH is 1. The fraction of sp³-hybridized carbons (Fsp3) is 0.462. The number of nitrogens with one attached hydrogen (secondary N) is 1. The number of hydrogen-bond acceptors (Lipinski definition) is 3. The van der Waals surface area contributed by atoms with Gasteiger partial charge in [0.05, 0.1) is 0 Å². The number of carbonyl (C=O) groups is 1. The number of anilines is 1. The van der Waals surface area contributed by atoms with Gasteiger partial charge >= 0.3 is 0 Å². The Morgan fingerprint density at radius 2 is 2.06 bits per heavy atom. The van der Waals surface area contributed by atoms with E-state index in [1.54, 1.807) is 12.1 Å². The molecule has 0 radical (unpaired) electrons. The summed E-state index contributed by atoms with van der Waals surface area (Å²) >= 11 is 0. The van der Waals surface area contributed by atoms with Gasteiger partial charge in [0, 0.05) is 29.8 Å². The molecule has 0 bridgehead atoms. The SMILES string of the molecule is Cc1cc(N)cc(C(=O)NCC(C)(C)CO)c1. The molecule has 0 unspecified atom stereocenters. The van der Waals surface area contributed by atoms with Crippen LogP contribution in [0.3, 0.4) is 0 Å². The Morgan fingerprint density at radius 1 is 1.41 bits per heavy atom. The fourth-order valence-corrected chi connectivity index (χ4v) is 1.42. The van der Waals surface area contributed by atoms with Crippen LogP contribution >= 0.6 is 0 Å². The van der Waals surface area contributed by atoms with Crippen molar-refractivity contribution in [1.82, 2.24) is 5.32 Å². The first-order chi connectivity index (χ1) is 7.84. The highest BCUT2D eigenvalue weighted by Gasteiger charge is 2.18. The van der Waals surface area contributed by atoms with E-state index in [2.05, 4.69) is 5.32 Å². The molecule has 0 fully saturated rings. The average molecular weight is 236 g/mol. The smallest absolute Gasteiger partial charge is 0.251 e. The average Bonchev–Trinajstić information content (AvgIpc) is 2.24. The van der Waals surface area contributed by atoms with Gasteiger partial charge in [-0.2, -0.15) is 0 Å². The van der Waals surface area contributed by atoms with Gasteiger partial charge in [-0.05, 0) is 30.7 Å². The molecule has 1 aromatic carbocycles. The Labute approximate surface area is 102 Å². The maximum Gasteiger partial charge on any atom is 0.251 e. The molecule has 4 nitrogen and oxygen atoms in total. The number of carbonyl (C=O) groups excluding carboxylic acids is 1. The zero-order valence-electron chi connectivity index (χ0n) is 10.6. The Hall–Kier alpha value is -1.55. The number of aliphatic hydroxyl groups is 1. The van der Waals surface area contributed by atoms with E-state index in [1.807, 2.05) is 26.8 Å². The summed E-state index contributed by atoms with van der Waals surface area (Å²) in [5, 5.41) is 11.9. The molecule has 0 aliphatic rings. The highest BCUT2D eigenvalue weighted by molar-refractivity contribution is 5.95. The van der Waals surface area contributed by atoms with Gasteiger partial charge in [-0.25, -0.2) is 0 Å². The minimum atomic E-state index is -0.314. The van der Waals surface area contributed by atoms with Crippen LogP contribution in [0.4, 0.5) is 5.69 Å². The van der Waals surface area contributed by atoms with Crippen LogP contribution in [0.5, 0.6) is 0 Å². The van der Waals surface area contributed by atoms with Gasteiger partial charge in [0.1, 0.15) is 0 Å². The Balaban J connectivity index is 2.70. The second-order valence-electron chi connectivity index (χ2n) is 5.14. The number of amides is 1. The number of aryl methyl sites for hydroxylation is 1. The lowest BCUT2D eigenvalue weighted by Gasteiger charge is -2.21. The number of hydrogen-bond donors (Lipinski definition) is 3. The largest absolute Gasteiger partial charge is 0.399 e. The van der Waals surface area contributed by atoms with Crippen molar-refractivity contribution in [1.29, 1.82) is 0 Å². The summed E-state index contributed by atoms with van der Waals surface area (Å²) < 4.78 is 0.